The fourth-order valence-electron chi connectivity index (χ4n) is 3.18. The maximum Gasteiger partial charge on any atom is 0.323 e. The van der Waals surface area contributed by atoms with E-state index in [-0.39, 0.29) is 36.8 Å². The molecule has 1 heterocycles. The topological polar surface area (TPSA) is 108 Å². The molecule has 164 valence electrons. The Labute approximate surface area is 188 Å². The van der Waals surface area contributed by atoms with Crippen molar-refractivity contribution in [1.82, 2.24) is 15.1 Å². The van der Waals surface area contributed by atoms with E-state index in [0.717, 1.165) is 6.07 Å². The van der Waals surface area contributed by atoms with E-state index in [4.69, 9.17) is 28.9 Å². The first kappa shape index (κ1) is 22.8. The van der Waals surface area contributed by atoms with Crippen molar-refractivity contribution in [1.29, 1.82) is 0 Å². The zero-order chi connectivity index (χ0) is 22.5. The van der Waals surface area contributed by atoms with Gasteiger partial charge in [0, 0.05) is 37.4 Å². The Kier molecular flexibility index (Phi) is 7.32. The second-order valence-electron chi connectivity index (χ2n) is 6.71. The van der Waals surface area contributed by atoms with E-state index in [1.54, 1.807) is 6.07 Å². The Morgan fingerprint density at radius 3 is 2.48 bits per heavy atom. The molecular formula is C20H20Cl2FN5O3. The van der Waals surface area contributed by atoms with Gasteiger partial charge in [0.25, 0.3) is 11.8 Å². The molecule has 0 radical (unpaired) electrons. The normalized spacial score (nSPS) is 15.7. The highest BCUT2D eigenvalue weighted by molar-refractivity contribution is 6.42. The number of nitrogens with one attached hydrogen (secondary N) is 2. The van der Waals surface area contributed by atoms with E-state index in [0.29, 0.717) is 10.7 Å². The summed E-state index contributed by atoms with van der Waals surface area (Å²) in [6.45, 7) is 0.533. The average Bonchev–Trinajstić information content (AvgIpc) is 3.19. The van der Waals surface area contributed by atoms with Crippen molar-refractivity contribution < 1.29 is 18.8 Å². The lowest BCUT2D eigenvalue weighted by molar-refractivity contribution is -0.127. The molecule has 1 fully saturated rings. The van der Waals surface area contributed by atoms with Gasteiger partial charge in [-0.25, -0.2) is 9.18 Å². The minimum Gasteiger partial charge on any atom is -0.351 e. The molecule has 0 bridgehead atoms. The first-order valence-electron chi connectivity index (χ1n) is 9.39. The van der Waals surface area contributed by atoms with E-state index < -0.39 is 29.8 Å². The van der Waals surface area contributed by atoms with Crippen molar-refractivity contribution in [2.24, 2.45) is 5.73 Å². The quantitative estimate of drug-likeness (QED) is 0.627. The van der Waals surface area contributed by atoms with Crippen molar-refractivity contribution >= 4 is 46.7 Å². The summed E-state index contributed by atoms with van der Waals surface area (Å²) < 4.78 is 13.6. The van der Waals surface area contributed by atoms with Gasteiger partial charge in [-0.1, -0.05) is 29.3 Å². The number of anilines is 1. The second kappa shape index (κ2) is 9.95. The van der Waals surface area contributed by atoms with Crippen LogP contribution in [0.2, 0.25) is 10.0 Å². The monoisotopic (exact) mass is 467 g/mol. The molecule has 1 unspecified atom stereocenters. The molecular weight excluding hydrogens is 448 g/mol. The van der Waals surface area contributed by atoms with Gasteiger partial charge < -0.3 is 21.3 Å². The maximum atomic E-state index is 13.6. The lowest BCUT2D eigenvalue weighted by Crippen LogP contribution is -2.55. The third-order valence-electron chi connectivity index (χ3n) is 4.61. The second-order valence-corrected chi connectivity index (χ2v) is 7.53. The minimum atomic E-state index is -1.23. The number of nitrogens with two attached hydrogens (primary N) is 1. The van der Waals surface area contributed by atoms with Crippen LogP contribution in [0.15, 0.2) is 42.5 Å². The van der Waals surface area contributed by atoms with Gasteiger partial charge in [0.05, 0.1) is 10.0 Å². The Morgan fingerprint density at radius 1 is 1.06 bits per heavy atom. The van der Waals surface area contributed by atoms with Gasteiger partial charge in [-0.3, -0.25) is 14.5 Å². The van der Waals surface area contributed by atoms with Crippen LogP contribution in [-0.2, 0) is 4.79 Å². The number of amides is 4. The summed E-state index contributed by atoms with van der Waals surface area (Å²) in [5.74, 6) is -1.72. The molecule has 1 saturated heterocycles. The van der Waals surface area contributed by atoms with Crippen LogP contribution in [0.1, 0.15) is 10.4 Å². The van der Waals surface area contributed by atoms with Crippen LogP contribution in [0.5, 0.6) is 0 Å². The Morgan fingerprint density at radius 2 is 1.81 bits per heavy atom. The Bertz CT molecular complexity index is 1010. The van der Waals surface area contributed by atoms with Crippen LogP contribution < -0.4 is 16.4 Å². The van der Waals surface area contributed by atoms with E-state index >= 15 is 0 Å². The number of hydrogen-bond acceptors (Lipinski definition) is 4. The van der Waals surface area contributed by atoms with Crippen LogP contribution in [0.4, 0.5) is 14.9 Å². The number of urea groups is 1. The first-order valence-corrected chi connectivity index (χ1v) is 10.1. The van der Waals surface area contributed by atoms with Gasteiger partial charge in [0.15, 0.2) is 6.17 Å². The lowest BCUT2D eigenvalue weighted by Gasteiger charge is -2.29. The number of carbonyl (C=O) groups is 3. The van der Waals surface area contributed by atoms with Crippen LogP contribution in [0.25, 0.3) is 0 Å². The summed E-state index contributed by atoms with van der Waals surface area (Å²) in [6, 6.07) is 9.07. The first-order chi connectivity index (χ1) is 14.8. The Hall–Kier alpha value is -2.88. The predicted molar refractivity (Wildman–Crippen MR) is 115 cm³/mol. The molecule has 2 aromatic rings. The molecule has 2 aromatic carbocycles. The molecule has 1 atom stereocenters. The van der Waals surface area contributed by atoms with Crippen molar-refractivity contribution in [3.8, 4) is 0 Å². The molecule has 4 amide bonds. The van der Waals surface area contributed by atoms with Gasteiger partial charge in [0.1, 0.15) is 5.82 Å². The molecule has 31 heavy (non-hydrogen) atoms. The maximum absolute atomic E-state index is 13.6. The third-order valence-corrected chi connectivity index (χ3v) is 5.35. The fraction of sp³-hybridized carbons (Fsp3) is 0.250. The molecule has 0 aromatic heterocycles. The molecule has 0 spiro atoms. The van der Waals surface area contributed by atoms with Crippen molar-refractivity contribution in [3.63, 3.8) is 0 Å². The SMILES string of the molecule is NCCNC(=O)C1N(C(=O)Nc2ccc(Cl)c(Cl)c2)CCN1C(=O)c1cccc(F)c1. The number of hydrogen-bond donors (Lipinski definition) is 3. The van der Waals surface area contributed by atoms with Gasteiger partial charge in [-0.15, -0.1) is 0 Å². The predicted octanol–water partition coefficient (Wildman–Crippen LogP) is 2.52. The Balaban J connectivity index is 1.84. The van der Waals surface area contributed by atoms with Gasteiger partial charge in [0.2, 0.25) is 0 Å². The highest BCUT2D eigenvalue weighted by Crippen LogP contribution is 2.26. The van der Waals surface area contributed by atoms with E-state index in [2.05, 4.69) is 10.6 Å². The van der Waals surface area contributed by atoms with Crippen LogP contribution >= 0.6 is 23.2 Å². The summed E-state index contributed by atoms with van der Waals surface area (Å²) in [7, 11) is 0. The third kappa shape index (κ3) is 5.25. The molecule has 4 N–H and O–H groups in total. The van der Waals surface area contributed by atoms with Crippen molar-refractivity contribution in [2.75, 3.05) is 31.5 Å². The fourth-order valence-corrected chi connectivity index (χ4v) is 3.48. The highest BCUT2D eigenvalue weighted by Gasteiger charge is 2.43. The number of nitrogens with zero attached hydrogens (tertiary/aromatic N) is 2. The van der Waals surface area contributed by atoms with E-state index in [1.165, 1.54) is 40.1 Å². The number of rotatable bonds is 5. The highest BCUT2D eigenvalue weighted by atomic mass is 35.5. The molecule has 0 saturated carbocycles. The van der Waals surface area contributed by atoms with Crippen molar-refractivity contribution in [2.45, 2.75) is 6.17 Å². The lowest BCUT2D eigenvalue weighted by atomic mass is 10.2. The molecule has 0 aliphatic carbocycles. The molecule has 1 aliphatic rings. The summed E-state index contributed by atoms with van der Waals surface area (Å²) in [4.78, 5) is 41.1. The standard InChI is InChI=1S/C20H20Cl2FN5O3/c21-15-5-4-14(11-16(15)22)26-20(31)28-9-8-27(18(28)17(29)25-7-6-24)19(30)12-2-1-3-13(23)10-12/h1-5,10-11,18H,6-9,24H2,(H,25,29)(H,26,31). The number of carbonyl (C=O) groups excluding carboxylic acids is 3. The summed E-state index contributed by atoms with van der Waals surface area (Å²) in [5.41, 5.74) is 5.89. The zero-order valence-corrected chi connectivity index (χ0v) is 17.8. The smallest absolute Gasteiger partial charge is 0.323 e. The van der Waals surface area contributed by atoms with Gasteiger partial charge in [-0.2, -0.15) is 0 Å². The van der Waals surface area contributed by atoms with Crippen LogP contribution in [0, 0.1) is 5.82 Å². The summed E-state index contributed by atoms with van der Waals surface area (Å²) in [5, 5.41) is 5.81. The molecule has 1 aliphatic heterocycles. The zero-order valence-electron chi connectivity index (χ0n) is 16.3. The van der Waals surface area contributed by atoms with E-state index in [1.807, 2.05) is 0 Å². The largest absolute Gasteiger partial charge is 0.351 e. The molecule has 11 heteroatoms. The van der Waals surface area contributed by atoms with Gasteiger partial charge in [-0.05, 0) is 36.4 Å². The van der Waals surface area contributed by atoms with Crippen LogP contribution in [-0.4, -0.2) is 60.0 Å². The number of benzene rings is 2. The summed E-state index contributed by atoms with van der Waals surface area (Å²) in [6.07, 6.45) is -1.23. The minimum absolute atomic E-state index is 0.0726. The van der Waals surface area contributed by atoms with Crippen molar-refractivity contribution in [3.05, 3.63) is 63.9 Å². The number of halogens is 3. The van der Waals surface area contributed by atoms with Gasteiger partial charge >= 0.3 is 6.03 Å². The van der Waals surface area contributed by atoms with Crippen LogP contribution in [0.3, 0.4) is 0 Å². The van der Waals surface area contributed by atoms with E-state index in [9.17, 15) is 18.8 Å². The molecule has 3 rings (SSSR count). The average molecular weight is 468 g/mol. The molecule has 8 nitrogen and oxygen atoms in total. The summed E-state index contributed by atoms with van der Waals surface area (Å²) >= 11 is 11.9.